The van der Waals surface area contributed by atoms with E-state index >= 15 is 0 Å². The molecule has 3 nitrogen and oxygen atoms in total. The summed E-state index contributed by atoms with van der Waals surface area (Å²) in [5.41, 5.74) is 1.41. The van der Waals surface area contributed by atoms with Gasteiger partial charge >= 0.3 is 0 Å². The highest BCUT2D eigenvalue weighted by molar-refractivity contribution is 5.61. The van der Waals surface area contributed by atoms with Gasteiger partial charge in [0.05, 0.1) is 0 Å². The number of para-hydroxylation sites is 2. The molecular weight excluding hydrogens is 214 g/mol. The van der Waals surface area contributed by atoms with E-state index in [1.807, 2.05) is 49.4 Å². The molecule has 0 saturated carbocycles. The molecule has 0 spiro atoms. The Kier molecular flexibility index (Phi) is 3.34. The molecule has 2 rings (SSSR count). The third-order valence-electron chi connectivity index (χ3n) is 2.32. The number of rotatable bonds is 3. The average Bonchev–Trinajstić information content (AvgIpc) is 2.35. The fourth-order valence-electron chi connectivity index (χ4n) is 1.51. The van der Waals surface area contributed by atoms with E-state index < -0.39 is 0 Å². The minimum atomic E-state index is 0.490. The number of aryl methyl sites for hydroxylation is 1. The van der Waals surface area contributed by atoms with Gasteiger partial charge in [-0.25, -0.2) is 4.79 Å². The van der Waals surface area contributed by atoms with Gasteiger partial charge in [0.2, 0.25) is 6.08 Å². The third kappa shape index (κ3) is 2.60. The number of carbonyl (C=O) groups excluding carboxylic acids is 1. The van der Waals surface area contributed by atoms with Crippen LogP contribution in [-0.4, -0.2) is 6.08 Å². The second kappa shape index (κ2) is 5.10. The second-order valence-electron chi connectivity index (χ2n) is 3.54. The maximum absolute atomic E-state index is 10.3. The van der Waals surface area contributed by atoms with Crippen LogP contribution in [0.3, 0.4) is 0 Å². The van der Waals surface area contributed by atoms with Gasteiger partial charge in [0.1, 0.15) is 11.4 Å². The van der Waals surface area contributed by atoms with Crippen LogP contribution in [0.1, 0.15) is 5.56 Å². The molecule has 0 aliphatic carbocycles. The highest BCUT2D eigenvalue weighted by atomic mass is 16.5. The van der Waals surface area contributed by atoms with Crippen LogP contribution >= 0.6 is 0 Å². The summed E-state index contributed by atoms with van der Waals surface area (Å²) in [7, 11) is 0. The van der Waals surface area contributed by atoms with Gasteiger partial charge in [-0.15, -0.1) is 0 Å². The lowest BCUT2D eigenvalue weighted by atomic mass is 10.2. The monoisotopic (exact) mass is 225 g/mol. The SMILES string of the molecule is Cc1cccc(N=C=O)c1Oc1ccccc1. The van der Waals surface area contributed by atoms with Gasteiger partial charge in [0.15, 0.2) is 5.75 Å². The van der Waals surface area contributed by atoms with E-state index in [4.69, 9.17) is 4.74 Å². The maximum Gasteiger partial charge on any atom is 0.240 e. The lowest BCUT2D eigenvalue weighted by molar-refractivity contribution is 0.480. The lowest BCUT2D eigenvalue weighted by Gasteiger charge is -2.10. The molecule has 0 aliphatic rings. The molecule has 2 aromatic carbocycles. The van der Waals surface area contributed by atoms with Gasteiger partial charge in [-0.1, -0.05) is 30.3 Å². The van der Waals surface area contributed by atoms with Crippen molar-refractivity contribution in [1.82, 2.24) is 0 Å². The topological polar surface area (TPSA) is 38.7 Å². The first kappa shape index (κ1) is 11.1. The summed E-state index contributed by atoms with van der Waals surface area (Å²) in [5.74, 6) is 1.30. The normalized spacial score (nSPS) is 9.47. The van der Waals surface area contributed by atoms with Gasteiger partial charge < -0.3 is 4.74 Å². The van der Waals surface area contributed by atoms with Crippen molar-refractivity contribution in [3.63, 3.8) is 0 Å². The van der Waals surface area contributed by atoms with E-state index in [0.717, 1.165) is 5.56 Å². The quantitative estimate of drug-likeness (QED) is 0.589. The van der Waals surface area contributed by atoms with Crippen LogP contribution < -0.4 is 4.74 Å². The molecule has 0 bridgehead atoms. The molecule has 0 saturated heterocycles. The van der Waals surface area contributed by atoms with Crippen LogP contribution in [0.15, 0.2) is 53.5 Å². The molecular formula is C14H11NO2. The number of isocyanates is 1. The van der Waals surface area contributed by atoms with Crippen LogP contribution in [0.4, 0.5) is 5.69 Å². The van der Waals surface area contributed by atoms with Gasteiger partial charge in [0.25, 0.3) is 0 Å². The molecule has 0 heterocycles. The Hall–Kier alpha value is -2.38. The maximum atomic E-state index is 10.3. The molecule has 0 aliphatic heterocycles. The van der Waals surface area contributed by atoms with Crippen molar-refractivity contribution in [3.8, 4) is 11.5 Å². The van der Waals surface area contributed by atoms with Crippen LogP contribution in [0.25, 0.3) is 0 Å². The van der Waals surface area contributed by atoms with Crippen LogP contribution in [0, 0.1) is 6.92 Å². The van der Waals surface area contributed by atoms with E-state index in [9.17, 15) is 4.79 Å². The van der Waals surface area contributed by atoms with Crippen molar-refractivity contribution in [3.05, 3.63) is 54.1 Å². The Balaban J connectivity index is 2.41. The molecule has 0 aromatic heterocycles. The number of nitrogens with zero attached hydrogens (tertiary/aromatic N) is 1. The zero-order valence-corrected chi connectivity index (χ0v) is 9.38. The van der Waals surface area contributed by atoms with Crippen molar-refractivity contribution in [2.24, 2.45) is 4.99 Å². The predicted octanol–water partition coefficient (Wildman–Crippen LogP) is 3.75. The first-order valence-corrected chi connectivity index (χ1v) is 5.21. The summed E-state index contributed by atoms with van der Waals surface area (Å²) in [6.45, 7) is 1.90. The molecule has 0 radical (unpaired) electrons. The van der Waals surface area contributed by atoms with Crippen molar-refractivity contribution in [2.45, 2.75) is 6.92 Å². The van der Waals surface area contributed by atoms with E-state index in [1.54, 1.807) is 6.07 Å². The summed E-state index contributed by atoms with van der Waals surface area (Å²) in [6.07, 6.45) is 1.53. The minimum absolute atomic E-state index is 0.490. The van der Waals surface area contributed by atoms with E-state index in [1.165, 1.54) is 6.08 Å². The highest BCUT2D eigenvalue weighted by Gasteiger charge is 2.07. The Morgan fingerprint density at radius 3 is 2.53 bits per heavy atom. The van der Waals surface area contributed by atoms with Crippen LogP contribution in [0.5, 0.6) is 11.5 Å². The van der Waals surface area contributed by atoms with E-state index in [2.05, 4.69) is 4.99 Å². The van der Waals surface area contributed by atoms with Gasteiger partial charge in [-0.3, -0.25) is 0 Å². The first-order chi connectivity index (χ1) is 8.31. The van der Waals surface area contributed by atoms with Gasteiger partial charge in [0, 0.05) is 0 Å². The number of ether oxygens (including phenoxy) is 1. The van der Waals surface area contributed by atoms with Gasteiger partial charge in [-0.2, -0.15) is 4.99 Å². The first-order valence-electron chi connectivity index (χ1n) is 5.21. The average molecular weight is 225 g/mol. The van der Waals surface area contributed by atoms with Crippen LogP contribution in [0.2, 0.25) is 0 Å². The van der Waals surface area contributed by atoms with Crippen molar-refractivity contribution < 1.29 is 9.53 Å². The van der Waals surface area contributed by atoms with Crippen molar-refractivity contribution >= 4 is 11.8 Å². The summed E-state index contributed by atoms with van der Waals surface area (Å²) < 4.78 is 5.72. The fraction of sp³-hybridized carbons (Fsp3) is 0.0714. The Morgan fingerprint density at radius 1 is 1.06 bits per heavy atom. The molecule has 2 aromatic rings. The van der Waals surface area contributed by atoms with Crippen molar-refractivity contribution in [1.29, 1.82) is 0 Å². The molecule has 17 heavy (non-hydrogen) atoms. The molecule has 0 unspecified atom stereocenters. The summed E-state index contributed by atoms with van der Waals surface area (Å²) in [4.78, 5) is 14.0. The molecule has 0 amide bonds. The summed E-state index contributed by atoms with van der Waals surface area (Å²) in [6, 6.07) is 14.8. The Labute approximate surface area is 99.4 Å². The predicted molar refractivity (Wildman–Crippen MR) is 65.5 cm³/mol. The molecule has 84 valence electrons. The minimum Gasteiger partial charge on any atom is -0.455 e. The molecule has 3 heteroatoms. The number of benzene rings is 2. The third-order valence-corrected chi connectivity index (χ3v) is 2.32. The Bertz CT molecular complexity index is 558. The largest absolute Gasteiger partial charge is 0.455 e. The fourth-order valence-corrected chi connectivity index (χ4v) is 1.51. The van der Waals surface area contributed by atoms with E-state index in [-0.39, 0.29) is 0 Å². The summed E-state index contributed by atoms with van der Waals surface area (Å²) in [5, 5.41) is 0. The zero-order chi connectivity index (χ0) is 12.1. The smallest absolute Gasteiger partial charge is 0.240 e. The van der Waals surface area contributed by atoms with E-state index in [0.29, 0.717) is 17.2 Å². The molecule has 0 N–H and O–H groups in total. The summed E-state index contributed by atoms with van der Waals surface area (Å²) >= 11 is 0. The Morgan fingerprint density at radius 2 is 1.82 bits per heavy atom. The number of aliphatic imine (C=N–C) groups is 1. The standard InChI is InChI=1S/C14H11NO2/c1-11-6-5-9-13(15-10-16)14(11)17-12-7-3-2-4-8-12/h2-9H,1H3. The second-order valence-corrected chi connectivity index (χ2v) is 3.54. The zero-order valence-electron chi connectivity index (χ0n) is 9.38. The molecule has 0 fully saturated rings. The molecule has 0 atom stereocenters. The lowest BCUT2D eigenvalue weighted by Crippen LogP contribution is -1.87. The number of hydrogen-bond donors (Lipinski definition) is 0. The highest BCUT2D eigenvalue weighted by Crippen LogP contribution is 2.34. The van der Waals surface area contributed by atoms with Crippen LogP contribution in [-0.2, 0) is 4.79 Å². The van der Waals surface area contributed by atoms with Gasteiger partial charge in [-0.05, 0) is 30.7 Å². The van der Waals surface area contributed by atoms with Crippen molar-refractivity contribution in [2.75, 3.05) is 0 Å². The number of hydrogen-bond acceptors (Lipinski definition) is 3.